The van der Waals surface area contributed by atoms with Crippen LogP contribution in [-0.4, -0.2) is 25.3 Å². The number of unbranched alkanes of at least 4 members (excludes halogenated alkanes) is 4. The minimum Gasteiger partial charge on any atom is -0.396 e. The summed E-state index contributed by atoms with van der Waals surface area (Å²) >= 11 is 0. The van der Waals surface area contributed by atoms with Gasteiger partial charge in [-0.2, -0.15) is 0 Å². The van der Waals surface area contributed by atoms with Crippen molar-refractivity contribution >= 4 is 10.0 Å². The van der Waals surface area contributed by atoms with Crippen LogP contribution in [0.4, 0.5) is 0 Å². The van der Waals surface area contributed by atoms with Gasteiger partial charge in [-0.25, -0.2) is 13.6 Å². The molecule has 3 aromatic rings. The van der Waals surface area contributed by atoms with Crippen molar-refractivity contribution in [2.75, 3.05) is 6.61 Å². The van der Waals surface area contributed by atoms with E-state index in [4.69, 9.17) is 14.8 Å². The van der Waals surface area contributed by atoms with Gasteiger partial charge in [-0.3, -0.25) is 0 Å². The second-order valence-corrected chi connectivity index (χ2v) is 8.57. The first kappa shape index (κ1) is 21.2. The van der Waals surface area contributed by atoms with Gasteiger partial charge >= 0.3 is 0 Å². The number of benzene rings is 2. The maximum Gasteiger partial charge on any atom is 0.238 e. The number of hydrogen-bond acceptors (Lipinski definition) is 5. The predicted octanol–water partition coefficient (Wildman–Crippen LogP) is 4.14. The fourth-order valence-corrected chi connectivity index (χ4v) is 3.84. The Balaban J connectivity index is 1.89. The molecule has 3 N–H and O–H groups in total. The third-order valence-corrected chi connectivity index (χ3v) is 5.77. The number of aromatic nitrogens is 1. The first-order valence-electron chi connectivity index (χ1n) is 9.79. The van der Waals surface area contributed by atoms with Crippen LogP contribution in [0.1, 0.15) is 37.9 Å². The molecule has 0 amide bonds. The lowest BCUT2D eigenvalue weighted by Crippen LogP contribution is -2.11. The molecule has 0 aliphatic carbocycles. The number of sulfonamides is 1. The van der Waals surface area contributed by atoms with E-state index >= 15 is 0 Å². The second kappa shape index (κ2) is 9.82. The molecular weight excluding hydrogens is 388 g/mol. The molecule has 1 heterocycles. The molecule has 154 valence electrons. The van der Waals surface area contributed by atoms with Crippen LogP contribution in [0.25, 0.3) is 22.4 Å². The lowest BCUT2D eigenvalue weighted by Gasteiger charge is -2.06. The van der Waals surface area contributed by atoms with Gasteiger partial charge in [0.25, 0.3) is 0 Å². The average molecular weight is 415 g/mol. The zero-order chi connectivity index (χ0) is 20.7. The molecule has 7 heteroatoms. The Bertz CT molecular complexity index is 1010. The lowest BCUT2D eigenvalue weighted by atomic mass is 9.97. The van der Waals surface area contributed by atoms with Gasteiger partial charge in [0.05, 0.1) is 10.5 Å². The van der Waals surface area contributed by atoms with Gasteiger partial charge in [-0.1, -0.05) is 66.9 Å². The van der Waals surface area contributed by atoms with Crippen LogP contribution in [0.2, 0.25) is 0 Å². The van der Waals surface area contributed by atoms with Crippen LogP contribution in [0, 0.1) is 0 Å². The minimum atomic E-state index is -3.74. The molecule has 0 radical (unpaired) electrons. The maximum atomic E-state index is 11.6. The van der Waals surface area contributed by atoms with E-state index in [1.165, 1.54) is 12.1 Å². The lowest BCUT2D eigenvalue weighted by molar-refractivity contribution is 0.282. The highest BCUT2D eigenvalue weighted by Crippen LogP contribution is 2.35. The van der Waals surface area contributed by atoms with Crippen LogP contribution in [0.15, 0.2) is 64.0 Å². The van der Waals surface area contributed by atoms with E-state index in [2.05, 4.69) is 5.16 Å². The van der Waals surface area contributed by atoms with Gasteiger partial charge in [0, 0.05) is 18.6 Å². The average Bonchev–Trinajstić information content (AvgIpc) is 3.14. The first-order chi connectivity index (χ1) is 14.0. The van der Waals surface area contributed by atoms with E-state index in [1.807, 2.05) is 30.3 Å². The zero-order valence-corrected chi connectivity index (χ0v) is 17.1. The third kappa shape index (κ3) is 5.53. The minimum absolute atomic E-state index is 0.0735. The van der Waals surface area contributed by atoms with Crippen molar-refractivity contribution in [1.29, 1.82) is 0 Å². The Kier molecular flexibility index (Phi) is 7.19. The summed E-state index contributed by atoms with van der Waals surface area (Å²) < 4.78 is 28.8. The van der Waals surface area contributed by atoms with Gasteiger partial charge < -0.3 is 9.63 Å². The third-order valence-electron chi connectivity index (χ3n) is 4.84. The molecule has 1 aromatic heterocycles. The fraction of sp³-hybridized carbons (Fsp3) is 0.318. The Morgan fingerprint density at radius 2 is 1.52 bits per heavy atom. The van der Waals surface area contributed by atoms with Gasteiger partial charge in [0.1, 0.15) is 11.5 Å². The topological polar surface area (TPSA) is 106 Å². The number of aliphatic hydroxyl groups is 1. The van der Waals surface area contributed by atoms with E-state index < -0.39 is 10.0 Å². The van der Waals surface area contributed by atoms with Crippen LogP contribution < -0.4 is 5.14 Å². The molecule has 0 fully saturated rings. The highest BCUT2D eigenvalue weighted by molar-refractivity contribution is 7.89. The standard InChI is InChI=1S/C22H26N2O4S/c23-29(26,27)19-14-12-17(13-15-19)21-20(11-7-2-1-3-8-16-25)28-24-22(21)18-9-5-4-6-10-18/h4-6,9-10,12-15,25H,1-3,7-8,11,16H2,(H2,23,26,27). The molecule has 0 saturated heterocycles. The molecule has 0 bridgehead atoms. The molecule has 0 aliphatic rings. The molecule has 0 spiro atoms. The fourth-order valence-electron chi connectivity index (χ4n) is 3.32. The van der Waals surface area contributed by atoms with E-state index in [0.29, 0.717) is 0 Å². The number of aliphatic hydroxyl groups excluding tert-OH is 1. The molecule has 0 aliphatic heterocycles. The van der Waals surface area contributed by atoms with E-state index in [9.17, 15) is 8.42 Å². The van der Waals surface area contributed by atoms with Crippen LogP contribution in [-0.2, 0) is 16.4 Å². The Labute approximate surface area is 171 Å². The number of nitrogens with two attached hydrogens (primary N) is 1. The summed E-state index contributed by atoms with van der Waals surface area (Å²) in [4.78, 5) is 0.0735. The molecule has 2 aromatic carbocycles. The first-order valence-corrected chi connectivity index (χ1v) is 11.3. The van der Waals surface area contributed by atoms with Gasteiger partial charge in [0.15, 0.2) is 0 Å². The Hall–Kier alpha value is -2.48. The highest BCUT2D eigenvalue weighted by Gasteiger charge is 2.19. The summed E-state index contributed by atoms with van der Waals surface area (Å²) in [6, 6.07) is 16.3. The van der Waals surface area contributed by atoms with E-state index in [-0.39, 0.29) is 11.5 Å². The van der Waals surface area contributed by atoms with Crippen LogP contribution in [0.5, 0.6) is 0 Å². The van der Waals surface area contributed by atoms with Gasteiger partial charge in [-0.05, 0) is 30.5 Å². The van der Waals surface area contributed by atoms with Crippen molar-refractivity contribution in [2.24, 2.45) is 5.14 Å². The number of nitrogens with zero attached hydrogens (tertiary/aromatic N) is 1. The molecular formula is C22H26N2O4S. The second-order valence-electron chi connectivity index (χ2n) is 7.01. The zero-order valence-electron chi connectivity index (χ0n) is 16.3. The van der Waals surface area contributed by atoms with Crippen molar-refractivity contribution in [3.63, 3.8) is 0 Å². The van der Waals surface area contributed by atoms with E-state index in [1.54, 1.807) is 12.1 Å². The number of rotatable bonds is 10. The molecule has 3 rings (SSSR count). The van der Waals surface area contributed by atoms with Crippen molar-refractivity contribution < 1.29 is 18.0 Å². The summed E-state index contributed by atoms with van der Waals surface area (Å²) in [5.41, 5.74) is 3.40. The molecule has 0 atom stereocenters. The van der Waals surface area contributed by atoms with Crippen LogP contribution >= 0.6 is 0 Å². The molecule has 0 unspecified atom stereocenters. The SMILES string of the molecule is NS(=O)(=O)c1ccc(-c2c(-c3ccccc3)noc2CCCCCCCO)cc1. The molecule has 6 nitrogen and oxygen atoms in total. The maximum absolute atomic E-state index is 11.6. The summed E-state index contributed by atoms with van der Waals surface area (Å²) in [5.74, 6) is 0.786. The number of primary sulfonamides is 1. The molecule has 0 saturated carbocycles. The smallest absolute Gasteiger partial charge is 0.238 e. The largest absolute Gasteiger partial charge is 0.396 e. The Morgan fingerprint density at radius 1 is 0.862 bits per heavy atom. The summed E-state index contributed by atoms with van der Waals surface area (Å²) in [6.07, 6.45) is 5.66. The Morgan fingerprint density at radius 3 is 2.17 bits per heavy atom. The van der Waals surface area contributed by atoms with E-state index in [0.717, 1.165) is 66.7 Å². The number of aryl methyl sites for hydroxylation is 1. The summed E-state index contributed by atoms with van der Waals surface area (Å²) in [6.45, 7) is 0.237. The van der Waals surface area contributed by atoms with Gasteiger partial charge in [0.2, 0.25) is 10.0 Å². The van der Waals surface area contributed by atoms with Crippen LogP contribution in [0.3, 0.4) is 0 Å². The van der Waals surface area contributed by atoms with Crippen molar-refractivity contribution in [2.45, 2.75) is 43.4 Å². The van der Waals surface area contributed by atoms with Crippen molar-refractivity contribution in [3.05, 3.63) is 60.4 Å². The quantitative estimate of drug-likeness (QED) is 0.485. The van der Waals surface area contributed by atoms with Crippen molar-refractivity contribution in [3.8, 4) is 22.4 Å². The summed E-state index contributed by atoms with van der Waals surface area (Å²) in [7, 11) is -3.74. The van der Waals surface area contributed by atoms with Gasteiger partial charge in [-0.15, -0.1) is 0 Å². The monoisotopic (exact) mass is 414 g/mol. The molecule has 29 heavy (non-hydrogen) atoms. The predicted molar refractivity (Wildman–Crippen MR) is 113 cm³/mol. The summed E-state index contributed by atoms with van der Waals surface area (Å²) in [5, 5.41) is 18.4. The normalized spacial score (nSPS) is 11.7. The highest BCUT2D eigenvalue weighted by atomic mass is 32.2. The number of hydrogen-bond donors (Lipinski definition) is 2. The van der Waals surface area contributed by atoms with Crippen molar-refractivity contribution in [1.82, 2.24) is 5.16 Å².